The van der Waals surface area contributed by atoms with Crippen molar-refractivity contribution >= 4 is 34.6 Å². The molecule has 0 atom stereocenters. The lowest BCUT2D eigenvalue weighted by Crippen LogP contribution is -2.01. The highest BCUT2D eigenvalue weighted by molar-refractivity contribution is 8.18. The molecular weight excluding hydrogens is 342 g/mol. The van der Waals surface area contributed by atoms with E-state index in [0.29, 0.717) is 10.7 Å². The van der Waals surface area contributed by atoms with Crippen molar-refractivity contribution < 1.29 is 14.5 Å². The Kier molecular flexibility index (Phi) is 4.80. The van der Waals surface area contributed by atoms with Crippen LogP contribution in [0.5, 0.6) is 5.75 Å². The second-order valence-corrected chi connectivity index (χ2v) is 6.21. The fourth-order valence-corrected chi connectivity index (χ4v) is 2.83. The molecular formula is C17H13N3O4S. The van der Waals surface area contributed by atoms with E-state index in [4.69, 9.17) is 10.5 Å². The van der Waals surface area contributed by atoms with Crippen molar-refractivity contribution in [1.82, 2.24) is 0 Å². The van der Waals surface area contributed by atoms with E-state index in [2.05, 4.69) is 4.99 Å². The molecule has 8 heteroatoms. The molecule has 126 valence electrons. The zero-order valence-corrected chi connectivity index (χ0v) is 13.7. The Hall–Kier alpha value is -3.13. The Bertz CT molecular complexity index is 891. The number of carbonyl (C=O) groups is 1. The third-order valence-corrected chi connectivity index (χ3v) is 4.16. The molecule has 0 aromatic heterocycles. The molecule has 0 bridgehead atoms. The number of hydrogen-bond acceptors (Lipinski definition) is 6. The van der Waals surface area contributed by atoms with Crippen LogP contribution >= 0.6 is 11.8 Å². The summed E-state index contributed by atoms with van der Waals surface area (Å²) in [5, 5.41) is 10.9. The lowest BCUT2D eigenvalue weighted by Gasteiger charge is -2.07. The minimum atomic E-state index is -0.444. The molecule has 0 radical (unpaired) electrons. The van der Waals surface area contributed by atoms with E-state index < -0.39 is 4.92 Å². The molecule has 0 unspecified atom stereocenters. The van der Waals surface area contributed by atoms with Gasteiger partial charge < -0.3 is 10.5 Å². The minimum Gasteiger partial charge on any atom is -0.489 e. The zero-order valence-electron chi connectivity index (χ0n) is 12.9. The van der Waals surface area contributed by atoms with Crippen molar-refractivity contribution in [2.24, 2.45) is 10.7 Å². The quantitative estimate of drug-likeness (QED) is 0.501. The van der Waals surface area contributed by atoms with Gasteiger partial charge in [-0.1, -0.05) is 12.1 Å². The number of amidine groups is 1. The van der Waals surface area contributed by atoms with Crippen LogP contribution in [0.3, 0.4) is 0 Å². The molecule has 1 amide bonds. The lowest BCUT2D eigenvalue weighted by molar-refractivity contribution is -0.384. The molecule has 2 N–H and O–H groups in total. The van der Waals surface area contributed by atoms with Crippen LogP contribution in [0.4, 0.5) is 5.69 Å². The summed E-state index contributed by atoms with van der Waals surface area (Å²) in [5.41, 5.74) is 7.17. The molecule has 0 saturated carbocycles. The summed E-state index contributed by atoms with van der Waals surface area (Å²) in [6.07, 6.45) is 1.70. The van der Waals surface area contributed by atoms with Gasteiger partial charge in [-0.25, -0.2) is 0 Å². The molecule has 1 heterocycles. The molecule has 0 saturated heterocycles. The Morgan fingerprint density at radius 1 is 1.24 bits per heavy atom. The molecule has 2 aromatic rings. The van der Waals surface area contributed by atoms with E-state index in [-0.39, 0.29) is 23.4 Å². The second-order valence-electron chi connectivity index (χ2n) is 5.15. The first-order valence-corrected chi connectivity index (χ1v) is 8.07. The van der Waals surface area contributed by atoms with Gasteiger partial charge in [-0.2, -0.15) is 4.99 Å². The molecule has 0 spiro atoms. The number of hydrogen-bond donors (Lipinski definition) is 1. The summed E-state index contributed by atoms with van der Waals surface area (Å²) >= 11 is 1.13. The summed E-state index contributed by atoms with van der Waals surface area (Å²) in [7, 11) is 0. The van der Waals surface area contributed by atoms with E-state index in [1.54, 1.807) is 30.3 Å². The predicted octanol–water partition coefficient (Wildman–Crippen LogP) is 3.10. The van der Waals surface area contributed by atoms with Gasteiger partial charge in [0.2, 0.25) is 0 Å². The number of rotatable bonds is 5. The van der Waals surface area contributed by atoms with E-state index in [9.17, 15) is 14.9 Å². The number of ether oxygens (including phenoxy) is 1. The fraction of sp³-hybridized carbons (Fsp3) is 0.0588. The van der Waals surface area contributed by atoms with E-state index in [1.807, 2.05) is 12.1 Å². The fourth-order valence-electron chi connectivity index (χ4n) is 2.15. The van der Waals surface area contributed by atoms with Crippen molar-refractivity contribution in [2.75, 3.05) is 0 Å². The SMILES string of the molecule is NC1=NC(=O)/C(=C\c2cccc(OCc3ccc([N+](=O)[O-])cc3)c2)S1. The number of aliphatic imine (C=N–C) groups is 1. The van der Waals surface area contributed by atoms with Crippen molar-refractivity contribution in [1.29, 1.82) is 0 Å². The molecule has 0 fully saturated rings. The first-order valence-electron chi connectivity index (χ1n) is 7.25. The highest BCUT2D eigenvalue weighted by Crippen LogP contribution is 2.27. The third kappa shape index (κ3) is 4.24. The summed E-state index contributed by atoms with van der Waals surface area (Å²) < 4.78 is 5.70. The van der Waals surface area contributed by atoms with Gasteiger partial charge in [-0.3, -0.25) is 14.9 Å². The van der Waals surface area contributed by atoms with E-state index in [0.717, 1.165) is 22.9 Å². The predicted molar refractivity (Wildman–Crippen MR) is 96.1 cm³/mol. The number of carbonyl (C=O) groups excluding carboxylic acids is 1. The largest absolute Gasteiger partial charge is 0.489 e. The molecule has 1 aliphatic heterocycles. The Balaban J connectivity index is 1.67. The Morgan fingerprint density at radius 2 is 2.00 bits per heavy atom. The second kappa shape index (κ2) is 7.18. The standard InChI is InChI=1S/C17H13N3O4S/c18-17-19-16(21)15(25-17)9-12-2-1-3-14(8-12)24-10-11-4-6-13(7-5-11)20(22)23/h1-9H,10H2,(H2,18,19,21)/b15-9+. The number of benzene rings is 2. The monoisotopic (exact) mass is 355 g/mol. The number of nitro groups is 1. The first-order chi connectivity index (χ1) is 12.0. The molecule has 7 nitrogen and oxygen atoms in total. The van der Waals surface area contributed by atoms with Gasteiger partial charge in [0.1, 0.15) is 12.4 Å². The Labute approximate surface area is 147 Å². The van der Waals surface area contributed by atoms with E-state index >= 15 is 0 Å². The van der Waals surface area contributed by atoms with Crippen molar-refractivity contribution in [3.05, 3.63) is 74.7 Å². The summed E-state index contributed by atoms with van der Waals surface area (Å²) in [6, 6.07) is 13.4. The number of nitro benzene ring substituents is 1. The maximum absolute atomic E-state index is 11.6. The molecule has 2 aromatic carbocycles. The zero-order chi connectivity index (χ0) is 17.8. The summed E-state index contributed by atoms with van der Waals surface area (Å²) in [6.45, 7) is 0.280. The molecule has 25 heavy (non-hydrogen) atoms. The normalized spacial score (nSPS) is 15.3. The number of amides is 1. The van der Waals surface area contributed by atoms with Gasteiger partial charge in [0.25, 0.3) is 11.6 Å². The van der Waals surface area contributed by atoms with Crippen LogP contribution in [0, 0.1) is 10.1 Å². The van der Waals surface area contributed by atoms with E-state index in [1.165, 1.54) is 12.1 Å². The van der Waals surface area contributed by atoms with Crippen molar-refractivity contribution in [2.45, 2.75) is 6.61 Å². The van der Waals surface area contributed by atoms with Crippen LogP contribution in [-0.4, -0.2) is 16.0 Å². The maximum atomic E-state index is 11.6. The number of nitrogens with two attached hydrogens (primary N) is 1. The average molecular weight is 355 g/mol. The van der Waals surface area contributed by atoms with Crippen LogP contribution in [0.1, 0.15) is 11.1 Å². The third-order valence-electron chi connectivity index (χ3n) is 3.35. The topological polar surface area (TPSA) is 108 Å². The summed E-state index contributed by atoms with van der Waals surface area (Å²) in [5.74, 6) is 0.275. The number of non-ortho nitro benzene ring substituents is 1. The Morgan fingerprint density at radius 3 is 2.64 bits per heavy atom. The van der Waals surface area contributed by atoms with Crippen molar-refractivity contribution in [3.8, 4) is 5.75 Å². The van der Waals surface area contributed by atoms with Crippen LogP contribution in [0.25, 0.3) is 6.08 Å². The highest BCUT2D eigenvalue weighted by atomic mass is 32.2. The average Bonchev–Trinajstić information content (AvgIpc) is 2.91. The summed E-state index contributed by atoms with van der Waals surface area (Å²) in [4.78, 5) is 25.9. The van der Waals surface area contributed by atoms with Crippen LogP contribution in [-0.2, 0) is 11.4 Å². The van der Waals surface area contributed by atoms with Gasteiger partial charge in [0.05, 0.1) is 9.83 Å². The molecule has 3 rings (SSSR count). The minimum absolute atomic E-state index is 0.0394. The first kappa shape index (κ1) is 16.7. The van der Waals surface area contributed by atoms with Gasteiger partial charge >= 0.3 is 0 Å². The highest BCUT2D eigenvalue weighted by Gasteiger charge is 2.19. The van der Waals surface area contributed by atoms with Crippen LogP contribution in [0.15, 0.2) is 58.4 Å². The lowest BCUT2D eigenvalue weighted by atomic mass is 10.2. The number of thioether (sulfide) groups is 1. The van der Waals surface area contributed by atoms with Crippen LogP contribution < -0.4 is 10.5 Å². The van der Waals surface area contributed by atoms with Gasteiger partial charge in [-0.15, -0.1) is 0 Å². The van der Waals surface area contributed by atoms with Gasteiger partial charge in [0, 0.05) is 12.1 Å². The number of nitrogens with zero attached hydrogens (tertiary/aromatic N) is 2. The van der Waals surface area contributed by atoms with Crippen LogP contribution in [0.2, 0.25) is 0 Å². The molecule has 1 aliphatic rings. The van der Waals surface area contributed by atoms with Crippen molar-refractivity contribution in [3.63, 3.8) is 0 Å². The molecule has 0 aliphatic carbocycles. The smallest absolute Gasteiger partial charge is 0.286 e. The van der Waals surface area contributed by atoms with Gasteiger partial charge in [0.15, 0.2) is 5.17 Å². The maximum Gasteiger partial charge on any atom is 0.286 e. The van der Waals surface area contributed by atoms with Gasteiger partial charge in [-0.05, 0) is 53.2 Å².